The summed E-state index contributed by atoms with van der Waals surface area (Å²) in [5.74, 6) is 1.21. The van der Waals surface area contributed by atoms with Gasteiger partial charge in [-0.2, -0.15) is 10.1 Å². The molecule has 4 rings (SSSR count). The average molecular weight is 281 g/mol. The number of fused-ring (bicyclic) bond motifs is 1. The average Bonchev–Trinajstić information content (AvgIpc) is 3.15. The van der Waals surface area contributed by atoms with Gasteiger partial charge in [-0.05, 0) is 17.5 Å². The summed E-state index contributed by atoms with van der Waals surface area (Å²) in [5, 5.41) is 11.6. The summed E-state index contributed by atoms with van der Waals surface area (Å²) >= 11 is 0. The zero-order valence-electron chi connectivity index (χ0n) is 11.7. The molecule has 0 radical (unpaired) electrons. The molecule has 2 aromatic heterocycles. The van der Waals surface area contributed by atoms with Gasteiger partial charge in [0.2, 0.25) is 11.7 Å². The number of aryl methyl sites for hydroxylation is 1. The largest absolute Gasteiger partial charge is 0.337 e. The SMILES string of the molecule is Cn1cc(-c2noc(C3Cc4ccccc4CN3)n2)cn1. The Kier molecular flexibility index (Phi) is 2.82. The number of aromatic nitrogens is 4. The maximum atomic E-state index is 5.42. The second-order valence-corrected chi connectivity index (χ2v) is 5.27. The first-order valence-electron chi connectivity index (χ1n) is 6.92. The molecule has 1 unspecified atom stereocenters. The van der Waals surface area contributed by atoms with E-state index in [1.54, 1.807) is 10.9 Å². The van der Waals surface area contributed by atoms with Crippen LogP contribution < -0.4 is 5.32 Å². The maximum absolute atomic E-state index is 5.42. The fraction of sp³-hybridized carbons (Fsp3) is 0.267. The quantitative estimate of drug-likeness (QED) is 0.776. The Hall–Kier alpha value is -2.47. The Morgan fingerprint density at radius 2 is 2.14 bits per heavy atom. The van der Waals surface area contributed by atoms with Gasteiger partial charge >= 0.3 is 0 Å². The van der Waals surface area contributed by atoms with Crippen molar-refractivity contribution in [2.45, 2.75) is 19.0 Å². The molecule has 0 fully saturated rings. The number of benzene rings is 1. The van der Waals surface area contributed by atoms with Crippen LogP contribution in [0.2, 0.25) is 0 Å². The first-order chi connectivity index (χ1) is 10.3. The third kappa shape index (κ3) is 2.23. The van der Waals surface area contributed by atoms with Crippen LogP contribution in [0.15, 0.2) is 41.2 Å². The van der Waals surface area contributed by atoms with Gasteiger partial charge in [-0.15, -0.1) is 0 Å². The maximum Gasteiger partial charge on any atom is 0.244 e. The van der Waals surface area contributed by atoms with E-state index in [-0.39, 0.29) is 6.04 Å². The predicted molar refractivity (Wildman–Crippen MR) is 76.2 cm³/mol. The summed E-state index contributed by atoms with van der Waals surface area (Å²) in [6, 6.07) is 8.50. The molecule has 3 aromatic rings. The molecule has 1 atom stereocenters. The molecule has 1 aliphatic heterocycles. The molecule has 6 nitrogen and oxygen atoms in total. The highest BCUT2D eigenvalue weighted by Gasteiger charge is 2.24. The van der Waals surface area contributed by atoms with Gasteiger partial charge in [0, 0.05) is 19.8 Å². The molecule has 0 saturated heterocycles. The molecule has 6 heteroatoms. The molecule has 106 valence electrons. The highest BCUT2D eigenvalue weighted by molar-refractivity contribution is 5.51. The van der Waals surface area contributed by atoms with E-state index in [2.05, 4.69) is 44.8 Å². The van der Waals surface area contributed by atoms with Gasteiger partial charge in [0.25, 0.3) is 0 Å². The standard InChI is InChI=1S/C15H15N5O/c1-20-9-12(8-17-20)14-18-15(21-19-14)13-6-10-4-2-3-5-11(10)7-16-13/h2-5,8-9,13,16H,6-7H2,1H3. The normalized spacial score (nSPS) is 17.7. The zero-order valence-corrected chi connectivity index (χ0v) is 11.7. The third-order valence-electron chi connectivity index (χ3n) is 3.78. The zero-order chi connectivity index (χ0) is 14.2. The molecule has 0 bridgehead atoms. The van der Waals surface area contributed by atoms with Crippen molar-refractivity contribution >= 4 is 0 Å². The van der Waals surface area contributed by atoms with E-state index in [4.69, 9.17) is 4.52 Å². The van der Waals surface area contributed by atoms with Crippen molar-refractivity contribution < 1.29 is 4.52 Å². The highest BCUT2D eigenvalue weighted by atomic mass is 16.5. The van der Waals surface area contributed by atoms with Gasteiger partial charge in [0.15, 0.2) is 0 Å². The fourth-order valence-corrected chi connectivity index (χ4v) is 2.66. The molecule has 0 saturated carbocycles. The second-order valence-electron chi connectivity index (χ2n) is 5.27. The fourth-order valence-electron chi connectivity index (χ4n) is 2.66. The lowest BCUT2D eigenvalue weighted by molar-refractivity contribution is 0.321. The molecule has 0 aliphatic carbocycles. The van der Waals surface area contributed by atoms with E-state index in [1.807, 2.05) is 13.2 Å². The van der Waals surface area contributed by atoms with Gasteiger partial charge in [-0.1, -0.05) is 29.4 Å². The van der Waals surface area contributed by atoms with Crippen LogP contribution in [0, 0.1) is 0 Å². The van der Waals surface area contributed by atoms with Gasteiger partial charge in [0.05, 0.1) is 17.8 Å². The van der Waals surface area contributed by atoms with Crippen molar-refractivity contribution in [1.82, 2.24) is 25.2 Å². The van der Waals surface area contributed by atoms with E-state index in [0.717, 1.165) is 18.5 Å². The molecule has 1 aliphatic rings. The minimum atomic E-state index is 0.0674. The lowest BCUT2D eigenvalue weighted by Crippen LogP contribution is -2.28. The molecule has 3 heterocycles. The molecular weight excluding hydrogens is 266 g/mol. The number of nitrogens with one attached hydrogen (secondary N) is 1. The highest BCUT2D eigenvalue weighted by Crippen LogP contribution is 2.26. The Labute approximate surface area is 121 Å². The van der Waals surface area contributed by atoms with Gasteiger partial charge < -0.3 is 9.84 Å². The van der Waals surface area contributed by atoms with Crippen molar-refractivity contribution in [1.29, 1.82) is 0 Å². The molecule has 1 aromatic carbocycles. The van der Waals surface area contributed by atoms with Crippen molar-refractivity contribution in [2.75, 3.05) is 0 Å². The van der Waals surface area contributed by atoms with E-state index in [1.165, 1.54) is 11.1 Å². The predicted octanol–water partition coefficient (Wildman–Crippen LogP) is 1.86. The lowest BCUT2D eigenvalue weighted by Gasteiger charge is -2.23. The summed E-state index contributed by atoms with van der Waals surface area (Å²) in [6.07, 6.45) is 4.47. The summed E-state index contributed by atoms with van der Waals surface area (Å²) < 4.78 is 7.14. The van der Waals surface area contributed by atoms with E-state index in [0.29, 0.717) is 11.7 Å². The molecule has 21 heavy (non-hydrogen) atoms. The smallest absolute Gasteiger partial charge is 0.244 e. The van der Waals surface area contributed by atoms with Crippen LogP contribution in [0.3, 0.4) is 0 Å². The Morgan fingerprint density at radius 3 is 2.95 bits per heavy atom. The molecule has 0 amide bonds. The van der Waals surface area contributed by atoms with E-state index in [9.17, 15) is 0 Å². The summed E-state index contributed by atoms with van der Waals surface area (Å²) in [4.78, 5) is 4.50. The minimum Gasteiger partial charge on any atom is -0.337 e. The summed E-state index contributed by atoms with van der Waals surface area (Å²) in [7, 11) is 1.87. The molecule has 0 spiro atoms. The van der Waals surface area contributed by atoms with Crippen LogP contribution in [0.1, 0.15) is 23.1 Å². The first-order valence-corrected chi connectivity index (χ1v) is 6.92. The topological polar surface area (TPSA) is 68.8 Å². The Bertz CT molecular complexity index is 776. The first kappa shape index (κ1) is 12.3. The number of nitrogens with zero attached hydrogens (tertiary/aromatic N) is 4. The van der Waals surface area contributed by atoms with Crippen molar-refractivity contribution in [2.24, 2.45) is 7.05 Å². The second kappa shape index (κ2) is 4.82. The lowest BCUT2D eigenvalue weighted by atomic mass is 9.96. The van der Waals surface area contributed by atoms with Crippen molar-refractivity contribution in [3.63, 3.8) is 0 Å². The monoisotopic (exact) mass is 281 g/mol. The van der Waals surface area contributed by atoms with Gasteiger partial charge in [-0.3, -0.25) is 4.68 Å². The van der Waals surface area contributed by atoms with Crippen LogP contribution >= 0.6 is 0 Å². The van der Waals surface area contributed by atoms with E-state index >= 15 is 0 Å². The van der Waals surface area contributed by atoms with Crippen molar-refractivity contribution in [3.8, 4) is 11.4 Å². The van der Waals surface area contributed by atoms with Crippen LogP contribution in [-0.4, -0.2) is 19.9 Å². The Morgan fingerprint density at radius 1 is 1.29 bits per heavy atom. The number of rotatable bonds is 2. The summed E-state index contributed by atoms with van der Waals surface area (Å²) in [6.45, 7) is 0.825. The van der Waals surface area contributed by atoms with Crippen LogP contribution in [0.4, 0.5) is 0 Å². The van der Waals surface area contributed by atoms with Crippen molar-refractivity contribution in [3.05, 3.63) is 53.7 Å². The van der Waals surface area contributed by atoms with E-state index < -0.39 is 0 Å². The summed E-state index contributed by atoms with van der Waals surface area (Å²) in [5.41, 5.74) is 3.53. The van der Waals surface area contributed by atoms with Crippen LogP contribution in [0.25, 0.3) is 11.4 Å². The number of hydrogen-bond acceptors (Lipinski definition) is 5. The van der Waals surface area contributed by atoms with Gasteiger partial charge in [0.1, 0.15) is 0 Å². The minimum absolute atomic E-state index is 0.0674. The van der Waals surface area contributed by atoms with Crippen LogP contribution in [-0.2, 0) is 20.0 Å². The third-order valence-corrected chi connectivity index (χ3v) is 3.78. The molecule has 1 N–H and O–H groups in total. The Balaban J connectivity index is 1.60. The molecular formula is C15H15N5O. The van der Waals surface area contributed by atoms with Gasteiger partial charge in [-0.25, -0.2) is 0 Å². The van der Waals surface area contributed by atoms with Crippen LogP contribution in [0.5, 0.6) is 0 Å². The number of hydrogen-bond donors (Lipinski definition) is 1.